The lowest BCUT2D eigenvalue weighted by Crippen LogP contribution is -2.07. The van der Waals surface area contributed by atoms with Gasteiger partial charge in [0.2, 0.25) is 11.9 Å². The third-order valence-electron chi connectivity index (χ3n) is 4.08. The second-order valence-corrected chi connectivity index (χ2v) is 6.28. The minimum absolute atomic E-state index is 0.0555. The number of rotatable bonds is 6. The third-order valence-corrected chi connectivity index (χ3v) is 4.08. The molecular formula is C18H13N7O6. The molecule has 13 nitrogen and oxygen atoms in total. The largest absolute Gasteiger partial charge is 0.479 e. The van der Waals surface area contributed by atoms with E-state index in [1.54, 1.807) is 18.2 Å². The lowest BCUT2D eigenvalue weighted by Gasteiger charge is -2.10. The van der Waals surface area contributed by atoms with Crippen molar-refractivity contribution in [1.29, 1.82) is 0 Å². The number of nitrogens with zero attached hydrogens (tertiary/aromatic N) is 3. The van der Waals surface area contributed by atoms with Gasteiger partial charge in [-0.05, 0) is 36.4 Å². The highest BCUT2D eigenvalue weighted by molar-refractivity contribution is 5.95. The number of aromatic carboxylic acids is 2. The second-order valence-electron chi connectivity index (χ2n) is 6.28. The number of imidazole rings is 1. The first-order chi connectivity index (χ1) is 14.8. The molecule has 31 heavy (non-hydrogen) atoms. The first-order valence-electron chi connectivity index (χ1n) is 8.59. The van der Waals surface area contributed by atoms with Crippen molar-refractivity contribution in [3.8, 4) is 6.01 Å². The number of anilines is 4. The molecule has 0 amide bonds. The van der Waals surface area contributed by atoms with Gasteiger partial charge in [0.15, 0.2) is 0 Å². The number of hydrogen-bond acceptors (Lipinski definition) is 9. The molecule has 4 rings (SSSR count). The van der Waals surface area contributed by atoms with Crippen LogP contribution in [0.15, 0.2) is 41.2 Å². The summed E-state index contributed by atoms with van der Waals surface area (Å²) in [6.07, 6.45) is 0. The smallest absolute Gasteiger partial charge is 0.335 e. The third kappa shape index (κ3) is 4.24. The van der Waals surface area contributed by atoms with Gasteiger partial charge < -0.3 is 35.9 Å². The van der Waals surface area contributed by atoms with Gasteiger partial charge >= 0.3 is 23.6 Å². The molecule has 156 valence electrons. The molecule has 0 spiro atoms. The van der Waals surface area contributed by atoms with Crippen molar-refractivity contribution in [2.45, 2.75) is 0 Å². The van der Waals surface area contributed by atoms with Gasteiger partial charge in [0.1, 0.15) is 0 Å². The molecule has 2 aromatic carbocycles. The molecule has 13 heteroatoms. The number of fused-ring (bicyclic) bond motifs is 1. The molecule has 0 radical (unpaired) electrons. The molecule has 0 bridgehead atoms. The maximum Gasteiger partial charge on any atom is 0.335 e. The average Bonchev–Trinajstić information content (AvgIpc) is 3.06. The van der Waals surface area contributed by atoms with Crippen LogP contribution >= 0.6 is 0 Å². The van der Waals surface area contributed by atoms with Crippen LogP contribution in [0.5, 0.6) is 6.01 Å². The zero-order chi connectivity index (χ0) is 22.1. The molecule has 0 aliphatic rings. The van der Waals surface area contributed by atoms with E-state index in [2.05, 4.69) is 35.6 Å². The summed E-state index contributed by atoms with van der Waals surface area (Å²) < 4.78 is 0. The van der Waals surface area contributed by atoms with Crippen molar-refractivity contribution >= 4 is 46.2 Å². The highest BCUT2D eigenvalue weighted by Gasteiger charge is 2.13. The summed E-state index contributed by atoms with van der Waals surface area (Å²) in [4.78, 5) is 50.6. The zero-order valence-electron chi connectivity index (χ0n) is 15.4. The summed E-state index contributed by atoms with van der Waals surface area (Å²) in [6.45, 7) is 0. The Hall–Kier alpha value is -4.94. The number of carboxylic acids is 2. The summed E-state index contributed by atoms with van der Waals surface area (Å²) in [7, 11) is 0. The zero-order valence-corrected chi connectivity index (χ0v) is 15.4. The minimum Gasteiger partial charge on any atom is -0.479 e. The van der Waals surface area contributed by atoms with E-state index in [-0.39, 0.29) is 34.4 Å². The molecule has 0 saturated heterocycles. The van der Waals surface area contributed by atoms with Crippen LogP contribution in [-0.4, -0.2) is 52.2 Å². The lowest BCUT2D eigenvalue weighted by atomic mass is 10.1. The summed E-state index contributed by atoms with van der Waals surface area (Å²) in [5.74, 6) is -2.85. The van der Waals surface area contributed by atoms with Crippen LogP contribution < -0.4 is 16.3 Å². The molecule has 7 N–H and O–H groups in total. The number of aromatic amines is 2. The van der Waals surface area contributed by atoms with Gasteiger partial charge in [-0.15, -0.1) is 0 Å². The predicted octanol–water partition coefficient (Wildman–Crippen LogP) is 1.63. The quantitative estimate of drug-likeness (QED) is 0.237. The first kappa shape index (κ1) is 19.4. The Labute approximate surface area is 171 Å². The van der Waals surface area contributed by atoms with Crippen molar-refractivity contribution in [1.82, 2.24) is 24.9 Å². The molecule has 4 aromatic rings. The number of aromatic nitrogens is 5. The Balaban J connectivity index is 1.64. The molecule has 0 aliphatic carbocycles. The van der Waals surface area contributed by atoms with Crippen molar-refractivity contribution in [3.63, 3.8) is 0 Å². The van der Waals surface area contributed by atoms with Gasteiger partial charge in [-0.3, -0.25) is 0 Å². The standard InChI is InChI=1S/C18H13N7O6/c26-13(27)7-3-8(14(28)29)5-10(4-7)20-16-23-15(24-18(31)25-16)19-9-1-2-11-12(6-9)22-17(30)21-11/h1-6H,(H,26,27)(H,28,29)(H2,21,22,30)(H3,19,20,23,24,25,31). The second kappa shape index (κ2) is 7.47. The number of nitrogens with one attached hydrogen (secondary N) is 4. The van der Waals surface area contributed by atoms with E-state index < -0.39 is 17.9 Å². The number of carbonyl (C=O) groups is 2. The molecule has 2 heterocycles. The van der Waals surface area contributed by atoms with Crippen LogP contribution in [0.2, 0.25) is 0 Å². The number of H-pyrrole nitrogens is 2. The summed E-state index contributed by atoms with van der Waals surface area (Å²) in [5.41, 5.74) is 0.851. The van der Waals surface area contributed by atoms with E-state index >= 15 is 0 Å². The van der Waals surface area contributed by atoms with Crippen molar-refractivity contribution in [2.24, 2.45) is 0 Å². The fraction of sp³-hybridized carbons (Fsp3) is 0. The molecule has 0 unspecified atom stereocenters. The highest BCUT2D eigenvalue weighted by atomic mass is 16.4. The SMILES string of the molecule is O=C(O)c1cc(Nc2nc(O)nc(Nc3ccc4[nH]c(=O)[nH]c4c3)n2)cc(C(=O)O)c1. The van der Waals surface area contributed by atoms with Gasteiger partial charge in [0.05, 0.1) is 22.2 Å². The van der Waals surface area contributed by atoms with E-state index in [4.69, 9.17) is 0 Å². The molecule has 0 fully saturated rings. The Morgan fingerprint density at radius 3 is 1.97 bits per heavy atom. The maximum atomic E-state index is 11.4. The van der Waals surface area contributed by atoms with Crippen LogP contribution in [0.25, 0.3) is 11.0 Å². The molecule has 0 aliphatic heterocycles. The fourth-order valence-corrected chi connectivity index (χ4v) is 2.79. The molecule has 0 saturated carbocycles. The lowest BCUT2D eigenvalue weighted by molar-refractivity contribution is 0.0696. The van der Waals surface area contributed by atoms with Gasteiger partial charge in [0, 0.05) is 11.4 Å². The normalized spacial score (nSPS) is 10.7. The number of carboxylic acid groups (broad SMARTS) is 2. The molecular weight excluding hydrogens is 410 g/mol. The number of aromatic hydroxyl groups is 1. The first-order valence-corrected chi connectivity index (χ1v) is 8.59. The topological polar surface area (TPSA) is 206 Å². The monoisotopic (exact) mass is 423 g/mol. The summed E-state index contributed by atoms with van der Waals surface area (Å²) in [6, 6.07) is 7.68. The average molecular weight is 423 g/mol. The Bertz CT molecular complexity index is 1360. The molecule has 0 atom stereocenters. The van der Waals surface area contributed by atoms with Crippen LogP contribution in [0, 0.1) is 0 Å². The van der Waals surface area contributed by atoms with E-state index in [9.17, 15) is 29.7 Å². The van der Waals surface area contributed by atoms with Crippen molar-refractivity contribution in [2.75, 3.05) is 10.6 Å². The van der Waals surface area contributed by atoms with Gasteiger partial charge in [-0.2, -0.15) is 15.0 Å². The minimum atomic E-state index is -1.31. The fourth-order valence-electron chi connectivity index (χ4n) is 2.79. The Morgan fingerprint density at radius 2 is 1.35 bits per heavy atom. The van der Waals surface area contributed by atoms with Gasteiger partial charge in [-0.25, -0.2) is 14.4 Å². The van der Waals surface area contributed by atoms with Gasteiger partial charge in [0.25, 0.3) is 0 Å². The van der Waals surface area contributed by atoms with Gasteiger partial charge in [-0.1, -0.05) is 0 Å². The van der Waals surface area contributed by atoms with Crippen molar-refractivity contribution < 1.29 is 24.9 Å². The van der Waals surface area contributed by atoms with E-state index in [0.29, 0.717) is 16.7 Å². The van der Waals surface area contributed by atoms with Crippen molar-refractivity contribution in [3.05, 3.63) is 58.0 Å². The van der Waals surface area contributed by atoms with Crippen LogP contribution in [-0.2, 0) is 0 Å². The van der Waals surface area contributed by atoms with Crippen LogP contribution in [0.3, 0.4) is 0 Å². The van der Waals surface area contributed by atoms with Crippen LogP contribution in [0.4, 0.5) is 23.3 Å². The number of benzene rings is 2. The highest BCUT2D eigenvalue weighted by Crippen LogP contribution is 2.22. The predicted molar refractivity (Wildman–Crippen MR) is 107 cm³/mol. The van der Waals surface area contributed by atoms with Crippen LogP contribution in [0.1, 0.15) is 20.7 Å². The van der Waals surface area contributed by atoms with E-state index in [1.165, 1.54) is 12.1 Å². The Kier molecular flexibility index (Phi) is 4.67. The van der Waals surface area contributed by atoms with E-state index in [0.717, 1.165) is 6.07 Å². The molecule has 2 aromatic heterocycles. The Morgan fingerprint density at radius 1 is 0.774 bits per heavy atom. The summed E-state index contributed by atoms with van der Waals surface area (Å²) >= 11 is 0. The number of hydrogen-bond donors (Lipinski definition) is 7. The van der Waals surface area contributed by atoms with E-state index in [1.807, 2.05) is 0 Å². The summed E-state index contributed by atoms with van der Waals surface area (Å²) in [5, 5.41) is 33.7. The maximum absolute atomic E-state index is 11.4.